The Balaban J connectivity index is 0.00000108. The van der Waals surface area contributed by atoms with Gasteiger partial charge < -0.3 is 15.4 Å². The molecule has 0 aliphatic carbocycles. The Hall–Kier alpha value is -0.910. The first-order chi connectivity index (χ1) is 7.92. The maximum absolute atomic E-state index is 5.32. The van der Waals surface area contributed by atoms with E-state index in [0.29, 0.717) is 6.04 Å². The van der Waals surface area contributed by atoms with Gasteiger partial charge in [-0.1, -0.05) is 0 Å². The second-order valence-electron chi connectivity index (χ2n) is 4.30. The van der Waals surface area contributed by atoms with Gasteiger partial charge in [0.25, 0.3) is 0 Å². The molecule has 3 rings (SSSR count). The molecule has 0 atom stereocenters. The molecule has 1 aromatic rings. The van der Waals surface area contributed by atoms with Crippen molar-refractivity contribution in [2.45, 2.75) is 32.0 Å². The first kappa shape index (κ1) is 12.5. The van der Waals surface area contributed by atoms with E-state index in [1.807, 2.05) is 6.20 Å². The summed E-state index contributed by atoms with van der Waals surface area (Å²) < 4.78 is 5.32. The molecule has 0 aromatic carbocycles. The summed E-state index contributed by atoms with van der Waals surface area (Å²) in [5.74, 6) is 0.759. The van der Waals surface area contributed by atoms with Crippen LogP contribution < -0.4 is 10.6 Å². The highest BCUT2D eigenvalue weighted by Crippen LogP contribution is 2.16. The molecule has 5 nitrogen and oxygen atoms in total. The van der Waals surface area contributed by atoms with Crippen LogP contribution in [-0.4, -0.2) is 29.2 Å². The van der Waals surface area contributed by atoms with E-state index >= 15 is 0 Å². The molecule has 1 aromatic heterocycles. The fourth-order valence-electron chi connectivity index (χ4n) is 2.15. The van der Waals surface area contributed by atoms with Gasteiger partial charge in [-0.05, 0) is 12.8 Å². The predicted octanol–water partition coefficient (Wildman–Crippen LogP) is 1.09. The zero-order valence-corrected chi connectivity index (χ0v) is 10.4. The second kappa shape index (κ2) is 5.62. The number of hydrogen-bond acceptors (Lipinski definition) is 5. The van der Waals surface area contributed by atoms with E-state index in [4.69, 9.17) is 4.74 Å². The zero-order chi connectivity index (χ0) is 10.8. The molecule has 2 aliphatic rings. The molecule has 2 aliphatic heterocycles. The number of fused-ring (bicyclic) bond motifs is 1. The molecule has 17 heavy (non-hydrogen) atoms. The minimum absolute atomic E-state index is 0. The second-order valence-corrected chi connectivity index (χ2v) is 4.30. The van der Waals surface area contributed by atoms with Crippen molar-refractivity contribution in [1.29, 1.82) is 0 Å². The molecule has 1 fully saturated rings. The largest absolute Gasteiger partial charge is 0.381 e. The van der Waals surface area contributed by atoms with E-state index in [2.05, 4.69) is 20.6 Å². The summed E-state index contributed by atoms with van der Waals surface area (Å²) in [6.45, 7) is 3.43. The summed E-state index contributed by atoms with van der Waals surface area (Å²) in [5, 5.41) is 6.65. The molecule has 0 saturated carbocycles. The number of nitrogens with zero attached hydrogens (tertiary/aromatic N) is 2. The average molecular weight is 257 g/mol. The van der Waals surface area contributed by atoms with Crippen LogP contribution in [0.25, 0.3) is 0 Å². The van der Waals surface area contributed by atoms with Crippen LogP contribution in [0.15, 0.2) is 6.20 Å². The lowest BCUT2D eigenvalue weighted by molar-refractivity contribution is 0.0903. The van der Waals surface area contributed by atoms with Gasteiger partial charge in [-0.25, -0.2) is 9.97 Å². The van der Waals surface area contributed by atoms with E-state index in [-0.39, 0.29) is 12.4 Å². The lowest BCUT2D eigenvalue weighted by Crippen LogP contribution is -2.28. The van der Waals surface area contributed by atoms with Crippen LogP contribution in [0.3, 0.4) is 0 Å². The van der Waals surface area contributed by atoms with Gasteiger partial charge in [0, 0.05) is 44.1 Å². The van der Waals surface area contributed by atoms with Crippen LogP contribution in [0.4, 0.5) is 5.95 Å². The van der Waals surface area contributed by atoms with Gasteiger partial charge in [-0.2, -0.15) is 0 Å². The van der Waals surface area contributed by atoms with Gasteiger partial charge >= 0.3 is 0 Å². The van der Waals surface area contributed by atoms with Crippen LogP contribution in [0.1, 0.15) is 24.1 Å². The highest BCUT2D eigenvalue weighted by molar-refractivity contribution is 5.85. The highest BCUT2D eigenvalue weighted by atomic mass is 35.5. The number of nitrogens with one attached hydrogen (secondary N) is 2. The number of aromatic nitrogens is 2. The van der Waals surface area contributed by atoms with Crippen molar-refractivity contribution in [1.82, 2.24) is 15.3 Å². The molecule has 0 unspecified atom stereocenters. The predicted molar refractivity (Wildman–Crippen MR) is 67.3 cm³/mol. The Morgan fingerprint density at radius 1 is 1.29 bits per heavy atom. The quantitative estimate of drug-likeness (QED) is 0.830. The number of ether oxygens (including phenoxy) is 1. The van der Waals surface area contributed by atoms with Gasteiger partial charge in [0.05, 0.1) is 5.69 Å². The zero-order valence-electron chi connectivity index (χ0n) is 9.61. The summed E-state index contributed by atoms with van der Waals surface area (Å²) in [6, 6.07) is 0.459. The third-order valence-corrected chi connectivity index (χ3v) is 3.12. The van der Waals surface area contributed by atoms with Crippen LogP contribution in [-0.2, 0) is 17.8 Å². The summed E-state index contributed by atoms with van der Waals surface area (Å²) in [7, 11) is 0. The Labute approximate surface area is 107 Å². The molecule has 2 N–H and O–H groups in total. The molecule has 0 amide bonds. The fourth-order valence-corrected chi connectivity index (χ4v) is 2.15. The van der Waals surface area contributed by atoms with E-state index in [1.165, 1.54) is 5.56 Å². The SMILES string of the molecule is Cl.c1nc(NC2CCOCC2)nc2c1CNC2. The molecule has 3 heterocycles. The number of hydrogen-bond donors (Lipinski definition) is 2. The number of rotatable bonds is 2. The molecule has 6 heteroatoms. The van der Waals surface area contributed by atoms with E-state index in [0.717, 1.165) is 50.8 Å². The lowest BCUT2D eigenvalue weighted by atomic mass is 10.1. The van der Waals surface area contributed by atoms with Gasteiger partial charge in [0.1, 0.15) is 0 Å². The van der Waals surface area contributed by atoms with E-state index < -0.39 is 0 Å². The van der Waals surface area contributed by atoms with E-state index in [1.54, 1.807) is 0 Å². The molecule has 1 saturated heterocycles. The maximum atomic E-state index is 5.32. The Morgan fingerprint density at radius 2 is 2.12 bits per heavy atom. The van der Waals surface area contributed by atoms with Crippen molar-refractivity contribution in [2.75, 3.05) is 18.5 Å². The van der Waals surface area contributed by atoms with Crippen LogP contribution in [0.2, 0.25) is 0 Å². The average Bonchev–Trinajstić information content (AvgIpc) is 2.77. The molecule has 94 valence electrons. The standard InChI is InChI=1S/C11H16N4O.ClH/c1-3-16-4-2-9(1)14-11-13-6-8-5-12-7-10(8)15-11;/h6,9,12H,1-5,7H2,(H,13,14,15);1H. The van der Waals surface area contributed by atoms with Gasteiger partial charge in [-0.15, -0.1) is 12.4 Å². The molecular formula is C11H17ClN4O. The highest BCUT2D eigenvalue weighted by Gasteiger charge is 2.17. The maximum Gasteiger partial charge on any atom is 0.223 e. The van der Waals surface area contributed by atoms with Crippen LogP contribution >= 0.6 is 12.4 Å². The van der Waals surface area contributed by atoms with Crippen molar-refractivity contribution >= 4 is 18.4 Å². The number of anilines is 1. The minimum Gasteiger partial charge on any atom is -0.381 e. The van der Waals surface area contributed by atoms with Crippen LogP contribution in [0.5, 0.6) is 0 Å². The Bertz CT molecular complexity index is 382. The van der Waals surface area contributed by atoms with Crippen molar-refractivity contribution in [3.05, 3.63) is 17.5 Å². The minimum atomic E-state index is 0. The molecule has 0 radical (unpaired) electrons. The summed E-state index contributed by atoms with van der Waals surface area (Å²) in [5.41, 5.74) is 2.35. The molecule has 0 bridgehead atoms. The monoisotopic (exact) mass is 256 g/mol. The Morgan fingerprint density at radius 3 is 2.94 bits per heavy atom. The van der Waals surface area contributed by atoms with Crippen LogP contribution in [0, 0.1) is 0 Å². The first-order valence-corrected chi connectivity index (χ1v) is 5.81. The van der Waals surface area contributed by atoms with Crippen molar-refractivity contribution in [3.8, 4) is 0 Å². The van der Waals surface area contributed by atoms with Gasteiger partial charge in [0.15, 0.2) is 0 Å². The molecular weight excluding hydrogens is 240 g/mol. The van der Waals surface area contributed by atoms with Gasteiger partial charge in [0.2, 0.25) is 5.95 Å². The topological polar surface area (TPSA) is 59.1 Å². The summed E-state index contributed by atoms with van der Waals surface area (Å²) in [6.07, 6.45) is 4.00. The summed E-state index contributed by atoms with van der Waals surface area (Å²) in [4.78, 5) is 8.86. The Kier molecular flexibility index (Phi) is 4.15. The van der Waals surface area contributed by atoms with E-state index in [9.17, 15) is 0 Å². The van der Waals surface area contributed by atoms with Gasteiger partial charge in [-0.3, -0.25) is 0 Å². The molecule has 0 spiro atoms. The van der Waals surface area contributed by atoms with Crippen molar-refractivity contribution in [3.63, 3.8) is 0 Å². The smallest absolute Gasteiger partial charge is 0.223 e. The third kappa shape index (κ3) is 2.86. The first-order valence-electron chi connectivity index (χ1n) is 5.81. The van der Waals surface area contributed by atoms with Crippen molar-refractivity contribution < 1.29 is 4.74 Å². The number of halogens is 1. The fraction of sp³-hybridized carbons (Fsp3) is 0.636. The lowest BCUT2D eigenvalue weighted by Gasteiger charge is -2.23. The normalized spacial score (nSPS) is 19.5. The summed E-state index contributed by atoms with van der Waals surface area (Å²) >= 11 is 0. The third-order valence-electron chi connectivity index (χ3n) is 3.12. The van der Waals surface area contributed by atoms with Crippen molar-refractivity contribution in [2.24, 2.45) is 0 Å².